The molecular formula is C14H19F2N3O6. The average molecular weight is 363 g/mol. The predicted octanol–water partition coefficient (Wildman–Crippen LogP) is 0.334. The Labute approximate surface area is 141 Å². The number of anilines is 1. The Balaban J connectivity index is 2.32. The van der Waals surface area contributed by atoms with E-state index in [-0.39, 0.29) is 18.3 Å². The van der Waals surface area contributed by atoms with E-state index in [1.165, 1.54) is 0 Å². The molecule has 1 amide bonds. The summed E-state index contributed by atoms with van der Waals surface area (Å²) < 4.78 is 38.7. The highest BCUT2D eigenvalue weighted by Gasteiger charge is 2.60. The van der Waals surface area contributed by atoms with E-state index in [1.54, 1.807) is 13.8 Å². The van der Waals surface area contributed by atoms with Crippen molar-refractivity contribution in [2.24, 2.45) is 5.92 Å². The number of nitrogens with zero attached hydrogens (tertiary/aromatic N) is 2. The molecule has 0 aromatic carbocycles. The van der Waals surface area contributed by atoms with Gasteiger partial charge in [0.2, 0.25) is 6.23 Å². The van der Waals surface area contributed by atoms with Crippen molar-refractivity contribution in [3.63, 3.8) is 0 Å². The molecule has 9 nitrogen and oxygen atoms in total. The molecule has 1 aromatic rings. The Bertz CT molecular complexity index is 681. The van der Waals surface area contributed by atoms with Crippen molar-refractivity contribution in [2.75, 3.05) is 18.5 Å². The highest BCUT2D eigenvalue weighted by Crippen LogP contribution is 2.43. The number of carbonyl (C=O) groups excluding carboxylic acids is 1. The van der Waals surface area contributed by atoms with E-state index in [0.717, 1.165) is 12.3 Å². The molecule has 0 aliphatic carbocycles. The minimum Gasteiger partial charge on any atom is -0.449 e. The zero-order valence-electron chi connectivity index (χ0n) is 13.6. The maximum absolute atomic E-state index is 14.3. The molecule has 1 saturated heterocycles. The van der Waals surface area contributed by atoms with Crippen molar-refractivity contribution in [3.8, 4) is 0 Å². The zero-order chi connectivity index (χ0) is 18.8. The van der Waals surface area contributed by atoms with Gasteiger partial charge in [0, 0.05) is 6.20 Å². The summed E-state index contributed by atoms with van der Waals surface area (Å²) in [6, 6.07) is 1.11. The molecule has 0 radical (unpaired) electrons. The van der Waals surface area contributed by atoms with Crippen LogP contribution < -0.4 is 11.0 Å². The summed E-state index contributed by atoms with van der Waals surface area (Å²) in [7, 11) is 0. The van der Waals surface area contributed by atoms with Crippen LogP contribution in [0, 0.1) is 5.92 Å². The summed E-state index contributed by atoms with van der Waals surface area (Å²) in [5, 5.41) is 20.8. The van der Waals surface area contributed by atoms with E-state index in [0.29, 0.717) is 4.57 Å². The molecule has 2 heterocycles. The highest BCUT2D eigenvalue weighted by molar-refractivity contribution is 5.83. The van der Waals surface area contributed by atoms with Crippen LogP contribution in [-0.2, 0) is 9.47 Å². The highest BCUT2D eigenvalue weighted by atomic mass is 19.3. The number of halogens is 2. The quantitative estimate of drug-likeness (QED) is 0.689. The van der Waals surface area contributed by atoms with E-state index in [9.17, 15) is 23.5 Å². The summed E-state index contributed by atoms with van der Waals surface area (Å²) in [4.78, 5) is 27.1. The third-order valence-electron chi connectivity index (χ3n) is 3.45. The Kier molecular flexibility index (Phi) is 5.70. The Morgan fingerprint density at radius 1 is 1.56 bits per heavy atom. The molecular weight excluding hydrogens is 344 g/mol. The number of aliphatic hydroxyl groups excluding tert-OH is 2. The van der Waals surface area contributed by atoms with E-state index in [1.807, 2.05) is 0 Å². The molecule has 25 heavy (non-hydrogen) atoms. The second kappa shape index (κ2) is 7.42. The fraction of sp³-hybridized carbons (Fsp3) is 0.643. The standard InChI is InChI=1S/C14H19F2N3O6/c1-7(2)6-24-13(23)18-9-3-4-17-12(22)19(9)11-14(15,16)10(21)8(5-20)25-11/h3-4,7-8,10-11,20-21H,5-6H2,1-2H3,(H,18,23)/t8-,10-,11-/m1/s1. The molecule has 0 saturated carbocycles. The molecule has 11 heteroatoms. The van der Waals surface area contributed by atoms with Gasteiger partial charge in [-0.2, -0.15) is 8.78 Å². The lowest BCUT2D eigenvalue weighted by molar-refractivity contribution is -0.140. The van der Waals surface area contributed by atoms with Crippen LogP contribution in [0.1, 0.15) is 20.1 Å². The fourth-order valence-electron chi connectivity index (χ4n) is 2.23. The first kappa shape index (κ1) is 19.2. The van der Waals surface area contributed by atoms with E-state index in [4.69, 9.17) is 14.6 Å². The number of hydrogen-bond donors (Lipinski definition) is 3. The largest absolute Gasteiger partial charge is 0.449 e. The minimum atomic E-state index is -3.89. The third kappa shape index (κ3) is 3.94. The third-order valence-corrected chi connectivity index (χ3v) is 3.45. The molecule has 3 atom stereocenters. The van der Waals surface area contributed by atoms with Crippen molar-refractivity contribution in [1.29, 1.82) is 0 Å². The number of aliphatic hydroxyl groups is 2. The van der Waals surface area contributed by atoms with Gasteiger partial charge in [-0.05, 0) is 12.0 Å². The number of carbonyl (C=O) groups is 1. The van der Waals surface area contributed by atoms with Crippen molar-refractivity contribution >= 4 is 11.9 Å². The van der Waals surface area contributed by atoms with E-state index in [2.05, 4.69) is 10.3 Å². The number of amides is 1. The van der Waals surface area contributed by atoms with Gasteiger partial charge in [0.15, 0.2) is 6.10 Å². The van der Waals surface area contributed by atoms with Crippen molar-refractivity contribution < 1.29 is 33.3 Å². The van der Waals surface area contributed by atoms with Crippen LogP contribution in [-0.4, -0.2) is 57.2 Å². The Morgan fingerprint density at radius 3 is 2.80 bits per heavy atom. The lowest BCUT2D eigenvalue weighted by Crippen LogP contribution is -2.42. The molecule has 1 aromatic heterocycles. The molecule has 3 N–H and O–H groups in total. The molecule has 140 valence electrons. The molecule has 1 aliphatic rings. The first-order valence-electron chi connectivity index (χ1n) is 7.52. The van der Waals surface area contributed by atoms with E-state index >= 15 is 0 Å². The number of rotatable bonds is 5. The molecule has 1 aliphatic heterocycles. The van der Waals surface area contributed by atoms with Crippen LogP contribution in [0.4, 0.5) is 19.4 Å². The molecule has 0 spiro atoms. The average Bonchev–Trinajstić information content (AvgIpc) is 2.76. The second-order valence-corrected chi connectivity index (χ2v) is 5.93. The molecule has 0 unspecified atom stereocenters. The normalized spacial score (nSPS) is 25.2. The topological polar surface area (TPSA) is 123 Å². The summed E-state index contributed by atoms with van der Waals surface area (Å²) >= 11 is 0. The van der Waals surface area contributed by atoms with Crippen LogP contribution >= 0.6 is 0 Å². The van der Waals surface area contributed by atoms with E-state index < -0.39 is 42.7 Å². The Hall–Kier alpha value is -2.11. The van der Waals surface area contributed by atoms with Crippen LogP contribution in [0.25, 0.3) is 0 Å². The molecule has 0 bridgehead atoms. The first-order chi connectivity index (χ1) is 11.7. The smallest absolute Gasteiger partial charge is 0.412 e. The van der Waals surface area contributed by atoms with Gasteiger partial charge in [0.25, 0.3) is 0 Å². The summed E-state index contributed by atoms with van der Waals surface area (Å²) in [6.45, 7) is 2.82. The maximum Gasteiger partial charge on any atom is 0.412 e. The van der Waals surface area contributed by atoms with Crippen LogP contribution in [0.2, 0.25) is 0 Å². The van der Waals surface area contributed by atoms with Crippen LogP contribution in [0.3, 0.4) is 0 Å². The minimum absolute atomic E-state index is 0.0494. The van der Waals surface area contributed by atoms with Gasteiger partial charge in [-0.25, -0.2) is 19.1 Å². The van der Waals surface area contributed by atoms with Gasteiger partial charge in [-0.3, -0.25) is 5.32 Å². The monoisotopic (exact) mass is 363 g/mol. The van der Waals surface area contributed by atoms with Crippen molar-refractivity contribution in [3.05, 3.63) is 22.7 Å². The van der Waals surface area contributed by atoms with Gasteiger partial charge < -0.3 is 19.7 Å². The lowest BCUT2D eigenvalue weighted by atomic mass is 10.1. The zero-order valence-corrected chi connectivity index (χ0v) is 13.6. The van der Waals surface area contributed by atoms with Gasteiger partial charge >= 0.3 is 17.7 Å². The second-order valence-electron chi connectivity index (χ2n) is 5.93. The first-order valence-corrected chi connectivity index (χ1v) is 7.52. The van der Waals surface area contributed by atoms with Crippen molar-refractivity contribution in [2.45, 2.75) is 38.2 Å². The number of nitrogens with one attached hydrogen (secondary N) is 1. The number of hydrogen-bond acceptors (Lipinski definition) is 7. The maximum atomic E-state index is 14.3. The summed E-state index contributed by atoms with van der Waals surface area (Å²) in [6.07, 6.45) is -6.10. The van der Waals surface area contributed by atoms with Gasteiger partial charge in [-0.1, -0.05) is 13.8 Å². The van der Waals surface area contributed by atoms with Crippen LogP contribution in [0.5, 0.6) is 0 Å². The predicted molar refractivity (Wildman–Crippen MR) is 80.3 cm³/mol. The number of alkyl halides is 2. The Morgan fingerprint density at radius 2 is 2.24 bits per heavy atom. The van der Waals surface area contributed by atoms with Crippen LogP contribution in [0.15, 0.2) is 17.1 Å². The lowest BCUT2D eigenvalue weighted by Gasteiger charge is -2.23. The summed E-state index contributed by atoms with van der Waals surface area (Å²) in [5.74, 6) is -4.18. The van der Waals surface area contributed by atoms with Gasteiger partial charge in [0.1, 0.15) is 11.9 Å². The summed E-state index contributed by atoms with van der Waals surface area (Å²) in [5.41, 5.74) is -1.13. The van der Waals surface area contributed by atoms with Gasteiger partial charge in [0.05, 0.1) is 13.2 Å². The van der Waals surface area contributed by atoms with Gasteiger partial charge in [-0.15, -0.1) is 0 Å². The molecule has 1 fully saturated rings. The molecule has 2 rings (SSSR count). The number of ether oxygens (including phenoxy) is 2. The van der Waals surface area contributed by atoms with Crippen molar-refractivity contribution in [1.82, 2.24) is 9.55 Å². The fourth-order valence-corrected chi connectivity index (χ4v) is 2.23. The SMILES string of the molecule is CC(C)COC(=O)Nc1ccnc(=O)n1[C@@H]1O[C@H](CO)[C@@H](O)C1(F)F. The number of aromatic nitrogens is 2.